The molecule has 3 rings (SSSR count). The van der Waals surface area contributed by atoms with Gasteiger partial charge in [-0.1, -0.05) is 6.92 Å². The fraction of sp³-hybridized carbons (Fsp3) is 0.381. The fourth-order valence-corrected chi connectivity index (χ4v) is 3.03. The number of pyridine rings is 1. The average molecular weight is 366 g/mol. The number of carbonyl (C=O) groups excluding carboxylic acids is 2. The number of hydrogen-bond donors (Lipinski definition) is 2. The molecule has 6 heteroatoms. The largest absolute Gasteiger partial charge is 0.372 e. The van der Waals surface area contributed by atoms with Crippen LogP contribution in [0.4, 0.5) is 11.4 Å². The Labute approximate surface area is 160 Å². The van der Waals surface area contributed by atoms with Gasteiger partial charge in [-0.25, -0.2) is 0 Å². The summed E-state index contributed by atoms with van der Waals surface area (Å²) in [6.07, 6.45) is 6.24. The molecule has 0 saturated carbocycles. The summed E-state index contributed by atoms with van der Waals surface area (Å²) in [7, 11) is 0. The summed E-state index contributed by atoms with van der Waals surface area (Å²) in [6.45, 7) is 6.11. The van der Waals surface area contributed by atoms with Crippen molar-refractivity contribution in [2.45, 2.75) is 39.2 Å². The number of anilines is 2. The van der Waals surface area contributed by atoms with Crippen LogP contribution in [0.3, 0.4) is 0 Å². The van der Waals surface area contributed by atoms with E-state index in [1.165, 1.54) is 30.9 Å². The van der Waals surface area contributed by atoms with Crippen molar-refractivity contribution >= 4 is 23.2 Å². The molecule has 1 fully saturated rings. The molecule has 1 aromatic heterocycles. The van der Waals surface area contributed by atoms with Crippen LogP contribution in [0.15, 0.2) is 42.7 Å². The normalized spacial score (nSPS) is 14.7. The first-order chi connectivity index (χ1) is 13.1. The lowest BCUT2D eigenvalue weighted by molar-refractivity contribution is 0.0939. The van der Waals surface area contributed by atoms with Crippen molar-refractivity contribution in [3.05, 3.63) is 53.9 Å². The van der Waals surface area contributed by atoms with Gasteiger partial charge in [0.15, 0.2) is 0 Å². The Balaban J connectivity index is 1.65. The molecule has 142 valence electrons. The smallest absolute Gasteiger partial charge is 0.257 e. The molecule has 0 bridgehead atoms. The highest BCUT2D eigenvalue weighted by molar-refractivity contribution is 6.05. The molecule has 1 saturated heterocycles. The lowest BCUT2D eigenvalue weighted by Gasteiger charge is -2.17. The quantitative estimate of drug-likeness (QED) is 0.821. The molecule has 2 aromatic rings. The molecule has 0 aliphatic carbocycles. The molecule has 6 nitrogen and oxygen atoms in total. The van der Waals surface area contributed by atoms with E-state index < -0.39 is 0 Å². The van der Waals surface area contributed by atoms with E-state index in [2.05, 4.69) is 20.5 Å². The first-order valence-corrected chi connectivity index (χ1v) is 9.49. The Morgan fingerprint density at radius 2 is 1.70 bits per heavy atom. The van der Waals surface area contributed by atoms with E-state index in [0.717, 1.165) is 25.2 Å². The van der Waals surface area contributed by atoms with Crippen molar-refractivity contribution in [3.63, 3.8) is 0 Å². The van der Waals surface area contributed by atoms with Gasteiger partial charge in [-0.15, -0.1) is 0 Å². The van der Waals surface area contributed by atoms with Gasteiger partial charge >= 0.3 is 0 Å². The Morgan fingerprint density at radius 1 is 1.07 bits per heavy atom. The van der Waals surface area contributed by atoms with Crippen LogP contribution in [-0.2, 0) is 0 Å². The molecule has 27 heavy (non-hydrogen) atoms. The summed E-state index contributed by atoms with van der Waals surface area (Å²) in [4.78, 5) is 31.1. The van der Waals surface area contributed by atoms with Gasteiger partial charge in [-0.05, 0) is 56.5 Å². The van der Waals surface area contributed by atoms with Gasteiger partial charge in [0.1, 0.15) is 0 Å². The molecular formula is C21H26N4O2. The number of carbonyl (C=O) groups is 2. The van der Waals surface area contributed by atoms with Crippen molar-refractivity contribution in [1.82, 2.24) is 10.3 Å². The molecule has 1 atom stereocenters. The second-order valence-electron chi connectivity index (χ2n) is 6.94. The molecule has 2 amide bonds. The van der Waals surface area contributed by atoms with Crippen LogP contribution in [-0.4, -0.2) is 35.9 Å². The third-order valence-electron chi connectivity index (χ3n) is 4.85. The Hall–Kier alpha value is -2.89. The number of benzene rings is 1. The van der Waals surface area contributed by atoms with Gasteiger partial charge in [-0.2, -0.15) is 0 Å². The van der Waals surface area contributed by atoms with E-state index in [9.17, 15) is 9.59 Å². The van der Waals surface area contributed by atoms with Crippen molar-refractivity contribution in [3.8, 4) is 0 Å². The molecule has 1 aliphatic heterocycles. The molecule has 1 unspecified atom stereocenters. The van der Waals surface area contributed by atoms with E-state index in [0.29, 0.717) is 11.1 Å². The Kier molecular flexibility index (Phi) is 6.06. The highest BCUT2D eigenvalue weighted by atomic mass is 16.2. The van der Waals surface area contributed by atoms with E-state index >= 15 is 0 Å². The summed E-state index contributed by atoms with van der Waals surface area (Å²) in [5, 5.41) is 5.74. The maximum atomic E-state index is 12.5. The van der Waals surface area contributed by atoms with Crippen LogP contribution >= 0.6 is 0 Å². The molecular weight excluding hydrogens is 340 g/mol. The van der Waals surface area contributed by atoms with Gasteiger partial charge < -0.3 is 15.5 Å². The minimum Gasteiger partial charge on any atom is -0.372 e. The predicted octanol–water partition coefficient (Wildman–Crippen LogP) is 3.46. The first kappa shape index (κ1) is 18.9. The summed E-state index contributed by atoms with van der Waals surface area (Å²) in [5.41, 5.74) is 2.64. The van der Waals surface area contributed by atoms with Crippen molar-refractivity contribution < 1.29 is 9.59 Å². The fourth-order valence-electron chi connectivity index (χ4n) is 3.03. The molecule has 2 N–H and O–H groups in total. The molecule has 1 aromatic carbocycles. The summed E-state index contributed by atoms with van der Waals surface area (Å²) < 4.78 is 0. The number of aromatic nitrogens is 1. The molecule has 2 heterocycles. The first-order valence-electron chi connectivity index (χ1n) is 9.49. The van der Waals surface area contributed by atoms with E-state index in [1.54, 1.807) is 6.07 Å². The zero-order chi connectivity index (χ0) is 19.2. The highest BCUT2D eigenvalue weighted by Crippen LogP contribution is 2.22. The zero-order valence-corrected chi connectivity index (χ0v) is 15.9. The number of nitrogens with one attached hydrogen (secondary N) is 2. The number of rotatable bonds is 6. The predicted molar refractivity (Wildman–Crippen MR) is 107 cm³/mol. The minimum absolute atomic E-state index is 0.0732. The van der Waals surface area contributed by atoms with Gasteiger partial charge in [0.05, 0.1) is 11.1 Å². The zero-order valence-electron chi connectivity index (χ0n) is 15.9. The van der Waals surface area contributed by atoms with Crippen LogP contribution in [0.2, 0.25) is 0 Å². The van der Waals surface area contributed by atoms with Crippen LogP contribution in [0, 0.1) is 0 Å². The van der Waals surface area contributed by atoms with Gasteiger partial charge in [0.25, 0.3) is 11.8 Å². The SMILES string of the molecule is CCC(C)NC(=O)c1cncc(C(=O)Nc2ccc(N3CCCC3)cc2)c1. The van der Waals surface area contributed by atoms with Gasteiger partial charge in [-0.3, -0.25) is 14.6 Å². The van der Waals surface area contributed by atoms with Crippen LogP contribution in [0.1, 0.15) is 53.8 Å². The van der Waals surface area contributed by atoms with E-state index in [1.807, 2.05) is 38.1 Å². The van der Waals surface area contributed by atoms with E-state index in [-0.39, 0.29) is 17.9 Å². The highest BCUT2D eigenvalue weighted by Gasteiger charge is 2.14. The number of nitrogens with zero attached hydrogens (tertiary/aromatic N) is 2. The Bertz CT molecular complexity index is 798. The monoisotopic (exact) mass is 366 g/mol. The second kappa shape index (κ2) is 8.66. The van der Waals surface area contributed by atoms with Crippen molar-refractivity contribution in [2.75, 3.05) is 23.3 Å². The maximum absolute atomic E-state index is 12.5. The van der Waals surface area contributed by atoms with Gasteiger partial charge in [0, 0.05) is 42.9 Å². The number of hydrogen-bond acceptors (Lipinski definition) is 4. The van der Waals surface area contributed by atoms with E-state index in [4.69, 9.17) is 0 Å². The molecule has 1 aliphatic rings. The molecule has 0 spiro atoms. The van der Waals surface area contributed by atoms with Crippen molar-refractivity contribution in [1.29, 1.82) is 0 Å². The minimum atomic E-state index is -0.283. The average Bonchev–Trinajstić information content (AvgIpc) is 3.23. The topological polar surface area (TPSA) is 74.3 Å². The second-order valence-corrected chi connectivity index (χ2v) is 6.94. The van der Waals surface area contributed by atoms with Crippen LogP contribution in [0.5, 0.6) is 0 Å². The standard InChI is InChI=1S/C21H26N4O2/c1-3-15(2)23-20(26)16-12-17(14-22-13-16)21(27)24-18-6-8-19(9-7-18)25-10-4-5-11-25/h6-9,12-15H,3-5,10-11H2,1-2H3,(H,23,26)(H,24,27). The van der Waals surface area contributed by atoms with Crippen LogP contribution < -0.4 is 15.5 Å². The third kappa shape index (κ3) is 4.84. The number of amides is 2. The lowest BCUT2D eigenvalue weighted by atomic mass is 10.1. The molecule has 0 radical (unpaired) electrons. The maximum Gasteiger partial charge on any atom is 0.257 e. The summed E-state index contributed by atoms with van der Waals surface area (Å²) >= 11 is 0. The van der Waals surface area contributed by atoms with Gasteiger partial charge in [0.2, 0.25) is 0 Å². The summed E-state index contributed by atoms with van der Waals surface area (Å²) in [5.74, 6) is -0.504. The third-order valence-corrected chi connectivity index (χ3v) is 4.85. The van der Waals surface area contributed by atoms with Crippen molar-refractivity contribution in [2.24, 2.45) is 0 Å². The summed E-state index contributed by atoms with van der Waals surface area (Å²) in [6, 6.07) is 9.49. The van der Waals surface area contributed by atoms with Crippen LogP contribution in [0.25, 0.3) is 0 Å². The lowest BCUT2D eigenvalue weighted by Crippen LogP contribution is -2.32. The Morgan fingerprint density at radius 3 is 2.33 bits per heavy atom.